The lowest BCUT2D eigenvalue weighted by Crippen LogP contribution is -2.09. The summed E-state index contributed by atoms with van der Waals surface area (Å²) in [5.41, 5.74) is 6.53. The molecule has 0 radical (unpaired) electrons. The normalized spacial score (nSPS) is 10.0. The average Bonchev–Trinajstić information content (AvgIpc) is 3.22. The molecular formula is C22H24N4O7S3. The molecule has 0 amide bonds. The molecule has 11 nitrogen and oxygen atoms in total. The van der Waals surface area contributed by atoms with E-state index in [1.807, 2.05) is 0 Å². The fourth-order valence-corrected chi connectivity index (χ4v) is 3.53. The van der Waals surface area contributed by atoms with Crippen molar-refractivity contribution in [3.05, 3.63) is 73.7 Å². The first kappa shape index (κ1) is 28.7. The molecule has 2 aromatic carbocycles. The highest BCUT2D eigenvalue weighted by Crippen LogP contribution is 2.16. The number of ether oxygens (including phenoxy) is 2. The first-order valence-corrected chi connectivity index (χ1v) is 12.2. The molecule has 0 saturated heterocycles. The van der Waals surface area contributed by atoms with Gasteiger partial charge >= 0.3 is 11.9 Å². The number of nitrogen functional groups attached to an aromatic ring is 1. The summed E-state index contributed by atoms with van der Waals surface area (Å²) >= 11 is 10.1. The van der Waals surface area contributed by atoms with Crippen molar-refractivity contribution in [2.45, 2.75) is 30.6 Å². The molecule has 1 heterocycles. The number of aromatic nitrogens is 2. The lowest BCUT2D eigenvalue weighted by Gasteiger charge is -2.07. The van der Waals surface area contributed by atoms with Crippen LogP contribution in [0.2, 0.25) is 0 Å². The molecule has 0 fully saturated rings. The summed E-state index contributed by atoms with van der Waals surface area (Å²) in [7, 11) is 0. The molecule has 0 spiro atoms. The van der Waals surface area contributed by atoms with Crippen molar-refractivity contribution in [1.82, 2.24) is 10.2 Å². The van der Waals surface area contributed by atoms with Gasteiger partial charge in [-0.2, -0.15) is 0 Å². The quantitative estimate of drug-likeness (QED) is 0.0590. The zero-order valence-electron chi connectivity index (χ0n) is 19.0. The zero-order chi connectivity index (χ0) is 26.3. The van der Waals surface area contributed by atoms with Gasteiger partial charge in [-0.3, -0.25) is 9.89 Å². The number of unbranched alkanes of at least 4 members (excludes halogenated alkanes) is 1. The summed E-state index contributed by atoms with van der Waals surface area (Å²) in [5, 5.41) is 15.7. The maximum Gasteiger partial charge on any atom is 0.343 e. The van der Waals surface area contributed by atoms with Gasteiger partial charge in [-0.15, -0.1) is 27.8 Å². The number of aromatic amines is 1. The lowest BCUT2D eigenvalue weighted by molar-refractivity contribution is -0.757. The first-order chi connectivity index (χ1) is 17.2. The molecule has 0 aliphatic carbocycles. The number of hydrogen-bond acceptors (Lipinski definition) is 12. The van der Waals surface area contributed by atoms with Crippen LogP contribution in [0, 0.1) is 14.1 Å². The van der Waals surface area contributed by atoms with Gasteiger partial charge in [-0.05, 0) is 61.0 Å². The Hall–Kier alpha value is -3.49. The molecule has 0 bridgehead atoms. The number of nitrogens with zero attached hydrogens (tertiary/aromatic N) is 2. The maximum absolute atomic E-state index is 12.1. The van der Waals surface area contributed by atoms with E-state index in [0.29, 0.717) is 44.6 Å². The topological polar surface area (TPSA) is 160 Å². The van der Waals surface area contributed by atoms with Crippen molar-refractivity contribution in [1.29, 1.82) is 0 Å². The summed E-state index contributed by atoms with van der Waals surface area (Å²) in [5.74, 6) is -0.411. The number of nitrogens with one attached hydrogen (secondary N) is 1. The van der Waals surface area contributed by atoms with Gasteiger partial charge in [0.05, 0.1) is 18.8 Å². The van der Waals surface area contributed by atoms with Crippen molar-refractivity contribution < 1.29 is 29.0 Å². The summed E-state index contributed by atoms with van der Waals surface area (Å²) in [4.78, 5) is 38.5. The molecule has 3 N–H and O–H groups in total. The molecule has 3 aromatic rings. The standard InChI is InChI=1S/C20H21NO7S.C2H3N3S2/c22-19(6-1-2-12-27-21(24)25)26-13-11-15-7-9-17(10-8-15)28-20(23)16-4-3-5-18(29)14-16;3-1-4-5-2(6)7-1/h3-5,7-10,14,29H,1-2,6,11-13H2;(H2,3,4)(H,5,6). The summed E-state index contributed by atoms with van der Waals surface area (Å²) in [6.45, 7) is 0.190. The van der Waals surface area contributed by atoms with E-state index < -0.39 is 11.1 Å². The summed E-state index contributed by atoms with van der Waals surface area (Å²) in [6.07, 6.45) is 1.58. The fourth-order valence-electron chi connectivity index (χ4n) is 2.63. The van der Waals surface area contributed by atoms with Crippen molar-refractivity contribution in [2.24, 2.45) is 0 Å². The van der Waals surface area contributed by atoms with Crippen LogP contribution in [0.5, 0.6) is 5.75 Å². The third kappa shape index (κ3) is 11.8. The minimum absolute atomic E-state index is 0.0305. The number of nitrogens with two attached hydrogens (primary N) is 1. The monoisotopic (exact) mass is 552 g/mol. The summed E-state index contributed by atoms with van der Waals surface area (Å²) < 4.78 is 11.1. The predicted molar refractivity (Wildman–Crippen MR) is 138 cm³/mol. The second-order valence-electron chi connectivity index (χ2n) is 7.02. The third-order valence-corrected chi connectivity index (χ3v) is 5.49. The van der Waals surface area contributed by atoms with Gasteiger partial charge < -0.3 is 20.0 Å². The minimum atomic E-state index is -0.857. The number of thiol groups is 1. The SMILES string of the molecule is Nc1n[nH]c(=S)s1.O=C(CCCCO[N+](=O)[O-])OCCc1ccc(OC(=O)c2cccc(S)c2)cc1. The molecule has 0 aliphatic heterocycles. The van der Waals surface area contributed by atoms with Crippen LogP contribution in [0.4, 0.5) is 5.13 Å². The summed E-state index contributed by atoms with van der Waals surface area (Å²) in [6, 6.07) is 13.7. The predicted octanol–water partition coefficient (Wildman–Crippen LogP) is 4.44. The molecular weight excluding hydrogens is 528 g/mol. The highest BCUT2D eigenvalue weighted by atomic mass is 32.1. The van der Waals surface area contributed by atoms with Gasteiger partial charge in [-0.1, -0.05) is 29.5 Å². The molecule has 0 atom stereocenters. The van der Waals surface area contributed by atoms with Gasteiger partial charge in [0.15, 0.2) is 3.95 Å². The van der Waals surface area contributed by atoms with E-state index >= 15 is 0 Å². The molecule has 0 unspecified atom stereocenters. The number of H-pyrrole nitrogens is 1. The highest BCUT2D eigenvalue weighted by Gasteiger charge is 2.09. The van der Waals surface area contributed by atoms with E-state index in [4.69, 9.17) is 15.2 Å². The molecule has 3 rings (SSSR count). The van der Waals surface area contributed by atoms with Crippen LogP contribution in [0.15, 0.2) is 53.4 Å². The number of benzene rings is 2. The van der Waals surface area contributed by atoms with Crippen LogP contribution in [-0.4, -0.2) is 40.4 Å². The van der Waals surface area contributed by atoms with Crippen LogP contribution in [0.1, 0.15) is 35.2 Å². The van der Waals surface area contributed by atoms with Crippen LogP contribution >= 0.6 is 36.2 Å². The van der Waals surface area contributed by atoms with E-state index in [1.165, 1.54) is 11.3 Å². The van der Waals surface area contributed by atoms with Gasteiger partial charge in [0, 0.05) is 17.7 Å². The number of carbonyl (C=O) groups excluding carboxylic acids is 2. The Kier molecular flexibility index (Phi) is 12.4. The van der Waals surface area contributed by atoms with E-state index in [2.05, 4.69) is 39.9 Å². The smallest absolute Gasteiger partial charge is 0.343 e. The second kappa shape index (κ2) is 15.5. The van der Waals surface area contributed by atoms with E-state index in [-0.39, 0.29) is 25.6 Å². The Morgan fingerprint density at radius 2 is 1.92 bits per heavy atom. The van der Waals surface area contributed by atoms with Crippen LogP contribution in [0.25, 0.3) is 0 Å². The van der Waals surface area contributed by atoms with E-state index in [1.54, 1.807) is 48.5 Å². The first-order valence-electron chi connectivity index (χ1n) is 10.6. The number of carbonyl (C=O) groups is 2. The number of rotatable bonds is 11. The minimum Gasteiger partial charge on any atom is -0.465 e. The van der Waals surface area contributed by atoms with E-state index in [9.17, 15) is 19.7 Å². The van der Waals surface area contributed by atoms with Crippen LogP contribution < -0.4 is 10.5 Å². The van der Waals surface area contributed by atoms with Gasteiger partial charge in [0.25, 0.3) is 5.09 Å². The Balaban J connectivity index is 0.000000558. The van der Waals surface area contributed by atoms with Gasteiger partial charge in [-0.25, -0.2) is 4.79 Å². The maximum atomic E-state index is 12.1. The highest BCUT2D eigenvalue weighted by molar-refractivity contribution is 7.80. The Labute approximate surface area is 221 Å². The van der Waals surface area contributed by atoms with Crippen molar-refractivity contribution in [3.8, 4) is 5.75 Å². The van der Waals surface area contributed by atoms with Crippen molar-refractivity contribution in [3.63, 3.8) is 0 Å². The Morgan fingerprint density at radius 1 is 1.17 bits per heavy atom. The fraction of sp³-hybridized carbons (Fsp3) is 0.273. The van der Waals surface area contributed by atoms with E-state index in [0.717, 1.165) is 5.56 Å². The van der Waals surface area contributed by atoms with Crippen LogP contribution in [0.3, 0.4) is 0 Å². The van der Waals surface area contributed by atoms with Gasteiger partial charge in [0.2, 0.25) is 5.13 Å². The second-order valence-corrected chi connectivity index (χ2v) is 9.23. The zero-order valence-corrected chi connectivity index (χ0v) is 21.5. The molecule has 14 heteroatoms. The molecule has 0 saturated carbocycles. The molecule has 192 valence electrons. The van der Waals surface area contributed by atoms with Crippen molar-refractivity contribution >= 4 is 53.3 Å². The lowest BCUT2D eigenvalue weighted by atomic mass is 10.1. The average molecular weight is 553 g/mol. The van der Waals surface area contributed by atoms with Crippen molar-refractivity contribution in [2.75, 3.05) is 18.9 Å². The number of anilines is 1. The largest absolute Gasteiger partial charge is 0.465 e. The molecule has 36 heavy (non-hydrogen) atoms. The Bertz CT molecular complexity index is 1200. The third-order valence-electron chi connectivity index (χ3n) is 4.30. The molecule has 1 aromatic heterocycles. The number of esters is 2. The number of hydrogen-bond donors (Lipinski definition) is 3. The Morgan fingerprint density at radius 3 is 2.50 bits per heavy atom. The van der Waals surface area contributed by atoms with Gasteiger partial charge in [0.1, 0.15) is 5.75 Å². The molecule has 0 aliphatic rings. The van der Waals surface area contributed by atoms with Crippen LogP contribution in [-0.2, 0) is 20.8 Å².